The van der Waals surface area contributed by atoms with E-state index in [0.29, 0.717) is 5.56 Å². The minimum Gasteiger partial charge on any atom is -0.478 e. The molecule has 4 heteroatoms. The topological polar surface area (TPSA) is 57.6 Å². The third kappa shape index (κ3) is 3.81. The molecule has 0 radical (unpaired) electrons. The van der Waals surface area contributed by atoms with Crippen molar-refractivity contribution in [2.24, 2.45) is 0 Å². The molecule has 1 amide bonds. The lowest BCUT2D eigenvalue weighted by Gasteiger charge is -2.25. The number of benzene rings is 1. The molecule has 0 aliphatic rings. The minimum atomic E-state index is -1.01. The number of carboxylic acid groups (broad SMARTS) is 1. The smallest absolute Gasteiger partial charge is 0.335 e. The lowest BCUT2D eigenvalue weighted by Crippen LogP contribution is -2.35. The van der Waals surface area contributed by atoms with Gasteiger partial charge in [-0.3, -0.25) is 4.79 Å². The van der Waals surface area contributed by atoms with Gasteiger partial charge in [0.05, 0.1) is 5.56 Å². The first-order valence-corrected chi connectivity index (χ1v) is 6.49. The van der Waals surface area contributed by atoms with E-state index in [-0.39, 0.29) is 17.5 Å². The van der Waals surface area contributed by atoms with Gasteiger partial charge < -0.3 is 10.0 Å². The van der Waals surface area contributed by atoms with E-state index in [0.717, 1.165) is 18.4 Å². The molecule has 0 aliphatic heterocycles. The highest BCUT2D eigenvalue weighted by Crippen LogP contribution is 2.14. The van der Waals surface area contributed by atoms with Crippen LogP contribution in [0, 0.1) is 6.92 Å². The van der Waals surface area contributed by atoms with Crippen LogP contribution in [0.2, 0.25) is 0 Å². The highest BCUT2D eigenvalue weighted by Gasteiger charge is 2.18. The molecular formula is C15H21NO3. The standard InChI is InChI=1S/C15H21NO3/c1-5-6-11(3)16(4)14(17)12-7-10(2)8-13(9-12)15(18)19/h7-9,11H,5-6H2,1-4H3,(H,18,19). The van der Waals surface area contributed by atoms with Gasteiger partial charge in [0.2, 0.25) is 0 Å². The van der Waals surface area contributed by atoms with Crippen molar-refractivity contribution in [1.82, 2.24) is 4.90 Å². The Morgan fingerprint density at radius 1 is 1.26 bits per heavy atom. The summed E-state index contributed by atoms with van der Waals surface area (Å²) >= 11 is 0. The second-order valence-corrected chi connectivity index (χ2v) is 4.95. The fraction of sp³-hybridized carbons (Fsp3) is 0.467. The Bertz CT molecular complexity index is 482. The Morgan fingerprint density at radius 2 is 1.84 bits per heavy atom. The third-order valence-corrected chi connectivity index (χ3v) is 3.26. The number of amides is 1. The van der Waals surface area contributed by atoms with Gasteiger partial charge in [-0.25, -0.2) is 4.79 Å². The number of carbonyl (C=O) groups is 2. The van der Waals surface area contributed by atoms with Crippen LogP contribution in [0.3, 0.4) is 0 Å². The molecule has 1 unspecified atom stereocenters. The van der Waals surface area contributed by atoms with Gasteiger partial charge in [-0.1, -0.05) is 13.3 Å². The summed E-state index contributed by atoms with van der Waals surface area (Å²) in [7, 11) is 1.76. The summed E-state index contributed by atoms with van der Waals surface area (Å²) in [5.74, 6) is -1.14. The Kier molecular flexibility index (Phi) is 5.10. The molecule has 1 N–H and O–H groups in total. The number of nitrogens with zero attached hydrogens (tertiary/aromatic N) is 1. The lowest BCUT2D eigenvalue weighted by atomic mass is 10.0. The molecule has 4 nitrogen and oxygen atoms in total. The van der Waals surface area contributed by atoms with E-state index >= 15 is 0 Å². The Balaban J connectivity index is 3.02. The molecule has 0 heterocycles. The number of hydrogen-bond donors (Lipinski definition) is 1. The predicted molar refractivity (Wildman–Crippen MR) is 74.6 cm³/mol. The second-order valence-electron chi connectivity index (χ2n) is 4.95. The van der Waals surface area contributed by atoms with Gasteiger partial charge in [0.1, 0.15) is 0 Å². The summed E-state index contributed by atoms with van der Waals surface area (Å²) in [5, 5.41) is 9.02. The molecule has 0 aliphatic carbocycles. The fourth-order valence-corrected chi connectivity index (χ4v) is 2.05. The fourth-order valence-electron chi connectivity index (χ4n) is 2.05. The number of carbonyl (C=O) groups excluding carboxylic acids is 1. The maximum atomic E-state index is 12.3. The van der Waals surface area contributed by atoms with Gasteiger partial charge in [0.25, 0.3) is 5.91 Å². The summed E-state index contributed by atoms with van der Waals surface area (Å²) in [6, 6.07) is 4.87. The highest BCUT2D eigenvalue weighted by atomic mass is 16.4. The van der Waals surface area contributed by atoms with Crippen LogP contribution < -0.4 is 0 Å². The molecule has 19 heavy (non-hydrogen) atoms. The van der Waals surface area contributed by atoms with Gasteiger partial charge in [-0.05, 0) is 44.0 Å². The van der Waals surface area contributed by atoms with E-state index in [1.165, 1.54) is 6.07 Å². The van der Waals surface area contributed by atoms with E-state index in [2.05, 4.69) is 6.92 Å². The Morgan fingerprint density at radius 3 is 2.37 bits per heavy atom. The largest absolute Gasteiger partial charge is 0.478 e. The maximum Gasteiger partial charge on any atom is 0.335 e. The Hall–Kier alpha value is -1.84. The second kappa shape index (κ2) is 6.36. The zero-order chi connectivity index (χ0) is 14.6. The van der Waals surface area contributed by atoms with Crippen LogP contribution in [-0.2, 0) is 0 Å². The van der Waals surface area contributed by atoms with Gasteiger partial charge in [-0.2, -0.15) is 0 Å². The molecule has 0 saturated carbocycles. The summed E-state index contributed by atoms with van der Waals surface area (Å²) in [6.07, 6.45) is 1.94. The van der Waals surface area contributed by atoms with Crippen molar-refractivity contribution in [1.29, 1.82) is 0 Å². The first-order chi connectivity index (χ1) is 8.86. The van der Waals surface area contributed by atoms with Crippen LogP contribution in [0.1, 0.15) is 53.0 Å². The van der Waals surface area contributed by atoms with Crippen molar-refractivity contribution in [3.63, 3.8) is 0 Å². The molecule has 0 aromatic heterocycles. The average molecular weight is 263 g/mol. The quantitative estimate of drug-likeness (QED) is 0.888. The van der Waals surface area contributed by atoms with Crippen molar-refractivity contribution in [2.45, 2.75) is 39.7 Å². The van der Waals surface area contributed by atoms with Crippen molar-refractivity contribution in [2.75, 3.05) is 7.05 Å². The lowest BCUT2D eigenvalue weighted by molar-refractivity contribution is 0.0696. The van der Waals surface area contributed by atoms with Crippen molar-refractivity contribution in [3.05, 3.63) is 34.9 Å². The zero-order valence-electron chi connectivity index (χ0n) is 11.9. The van der Waals surface area contributed by atoms with Gasteiger partial charge in [0, 0.05) is 18.7 Å². The number of hydrogen-bond acceptors (Lipinski definition) is 2. The zero-order valence-corrected chi connectivity index (χ0v) is 11.9. The molecule has 0 spiro atoms. The number of aromatic carboxylic acids is 1. The van der Waals surface area contributed by atoms with Crippen LogP contribution in [0.4, 0.5) is 0 Å². The third-order valence-electron chi connectivity index (χ3n) is 3.26. The van der Waals surface area contributed by atoms with Crippen molar-refractivity contribution >= 4 is 11.9 Å². The SMILES string of the molecule is CCCC(C)N(C)C(=O)c1cc(C)cc(C(=O)O)c1. The van der Waals surface area contributed by atoms with Crippen LogP contribution >= 0.6 is 0 Å². The molecule has 0 saturated heterocycles. The summed E-state index contributed by atoms with van der Waals surface area (Å²) in [4.78, 5) is 25.0. The summed E-state index contributed by atoms with van der Waals surface area (Å²) in [5.41, 5.74) is 1.36. The molecule has 104 valence electrons. The van der Waals surface area contributed by atoms with Crippen molar-refractivity contribution < 1.29 is 14.7 Å². The number of carboxylic acids is 1. The predicted octanol–water partition coefficient (Wildman–Crippen LogP) is 2.95. The van der Waals surface area contributed by atoms with Crippen LogP contribution in [0.5, 0.6) is 0 Å². The van der Waals surface area contributed by atoms with Crippen LogP contribution in [0.25, 0.3) is 0 Å². The molecule has 1 aromatic rings. The van der Waals surface area contributed by atoms with Crippen LogP contribution in [-0.4, -0.2) is 35.0 Å². The van der Waals surface area contributed by atoms with Gasteiger partial charge in [-0.15, -0.1) is 0 Å². The van der Waals surface area contributed by atoms with Crippen LogP contribution in [0.15, 0.2) is 18.2 Å². The molecule has 0 bridgehead atoms. The summed E-state index contributed by atoms with van der Waals surface area (Å²) in [6.45, 7) is 5.86. The maximum absolute atomic E-state index is 12.3. The molecule has 1 atom stereocenters. The van der Waals surface area contributed by atoms with Gasteiger partial charge in [0.15, 0.2) is 0 Å². The minimum absolute atomic E-state index is 0.132. The summed E-state index contributed by atoms with van der Waals surface area (Å²) < 4.78 is 0. The van der Waals surface area contributed by atoms with E-state index in [1.807, 2.05) is 6.92 Å². The molecule has 0 fully saturated rings. The van der Waals surface area contributed by atoms with E-state index in [9.17, 15) is 9.59 Å². The Labute approximate surface area is 114 Å². The van der Waals surface area contributed by atoms with E-state index in [4.69, 9.17) is 5.11 Å². The first kappa shape index (κ1) is 15.2. The first-order valence-electron chi connectivity index (χ1n) is 6.49. The van der Waals surface area contributed by atoms with E-state index < -0.39 is 5.97 Å². The molecular weight excluding hydrogens is 242 g/mol. The highest BCUT2D eigenvalue weighted by molar-refractivity contribution is 5.97. The number of rotatable bonds is 5. The molecule has 1 rings (SSSR count). The van der Waals surface area contributed by atoms with E-state index in [1.54, 1.807) is 31.0 Å². The average Bonchev–Trinajstić information content (AvgIpc) is 2.36. The monoisotopic (exact) mass is 263 g/mol. The van der Waals surface area contributed by atoms with Gasteiger partial charge >= 0.3 is 5.97 Å². The number of aryl methyl sites for hydroxylation is 1. The molecule has 1 aromatic carbocycles. The van der Waals surface area contributed by atoms with Crippen molar-refractivity contribution in [3.8, 4) is 0 Å². The normalized spacial score (nSPS) is 12.0.